The molecule has 4 rings (SSSR count). The van der Waals surface area contributed by atoms with Gasteiger partial charge in [0.2, 0.25) is 22.0 Å². The molecule has 11 heteroatoms. The summed E-state index contributed by atoms with van der Waals surface area (Å²) in [4.78, 5) is 27.3. The van der Waals surface area contributed by atoms with Crippen LogP contribution in [0.1, 0.15) is 5.56 Å². The fraction of sp³-hybridized carbons (Fsp3) is 0.286. The maximum absolute atomic E-state index is 13.9. The normalized spacial score (nSPS) is 14.8. The van der Waals surface area contributed by atoms with Crippen LogP contribution in [0.4, 0.5) is 5.69 Å². The van der Waals surface area contributed by atoms with Crippen molar-refractivity contribution in [2.75, 3.05) is 45.9 Å². The molecule has 1 heterocycles. The van der Waals surface area contributed by atoms with Gasteiger partial charge in [-0.05, 0) is 36.2 Å². The molecule has 0 N–H and O–H groups in total. The standard InChI is InChI=1S/C28H30N2O8S/c1-35-24-14-13-21(17-25(24)36-2)39(33,34)29(16-15-20-9-5-4-6-10-20)19-27(31)30-18-26(28(32)37-3)38-23-12-8-7-11-22(23)30/h4-14,17,26H,15-16,18-19H2,1-3H3/t26-/m0/s1. The Morgan fingerprint density at radius 2 is 1.64 bits per heavy atom. The molecule has 0 saturated carbocycles. The summed E-state index contributed by atoms with van der Waals surface area (Å²) < 4.78 is 50.0. The van der Waals surface area contributed by atoms with Gasteiger partial charge in [0.05, 0.1) is 45.0 Å². The molecule has 1 aliphatic rings. The van der Waals surface area contributed by atoms with E-state index < -0.39 is 34.5 Å². The third-order valence-corrected chi connectivity index (χ3v) is 8.18. The molecule has 3 aromatic carbocycles. The third-order valence-electron chi connectivity index (χ3n) is 6.34. The maximum Gasteiger partial charge on any atom is 0.348 e. The van der Waals surface area contributed by atoms with E-state index in [1.54, 1.807) is 24.3 Å². The first kappa shape index (κ1) is 27.9. The van der Waals surface area contributed by atoms with Crippen LogP contribution >= 0.6 is 0 Å². The minimum Gasteiger partial charge on any atom is -0.493 e. The molecule has 0 bridgehead atoms. The number of hydrogen-bond acceptors (Lipinski definition) is 8. The van der Waals surface area contributed by atoms with Crippen LogP contribution in [0.3, 0.4) is 0 Å². The molecule has 10 nitrogen and oxygen atoms in total. The van der Waals surface area contributed by atoms with Gasteiger partial charge in [0.1, 0.15) is 5.75 Å². The van der Waals surface area contributed by atoms with Crippen molar-refractivity contribution in [1.29, 1.82) is 0 Å². The topological polar surface area (TPSA) is 112 Å². The molecular weight excluding hydrogens is 524 g/mol. The van der Waals surface area contributed by atoms with Gasteiger partial charge >= 0.3 is 5.97 Å². The Labute approximate surface area is 227 Å². The largest absolute Gasteiger partial charge is 0.493 e. The summed E-state index contributed by atoms with van der Waals surface area (Å²) >= 11 is 0. The van der Waals surface area contributed by atoms with Crippen LogP contribution in [-0.4, -0.2) is 71.7 Å². The summed E-state index contributed by atoms with van der Waals surface area (Å²) in [5.74, 6) is -0.206. The molecule has 1 amide bonds. The number of fused-ring (bicyclic) bond motifs is 1. The molecule has 1 aliphatic heterocycles. The van der Waals surface area contributed by atoms with Crippen LogP contribution < -0.4 is 19.1 Å². The van der Waals surface area contributed by atoms with Crippen LogP contribution in [-0.2, 0) is 30.8 Å². The van der Waals surface area contributed by atoms with Crippen LogP contribution in [0.15, 0.2) is 77.7 Å². The second-order valence-corrected chi connectivity index (χ2v) is 10.6. The summed E-state index contributed by atoms with van der Waals surface area (Å²) in [5.41, 5.74) is 1.36. The van der Waals surface area contributed by atoms with Gasteiger partial charge in [0, 0.05) is 12.6 Å². The van der Waals surface area contributed by atoms with Gasteiger partial charge in [-0.2, -0.15) is 4.31 Å². The Hall–Kier alpha value is -4.09. The Morgan fingerprint density at radius 1 is 0.949 bits per heavy atom. The van der Waals surface area contributed by atoms with Gasteiger partial charge in [-0.25, -0.2) is 13.2 Å². The van der Waals surface area contributed by atoms with Crippen molar-refractivity contribution in [3.63, 3.8) is 0 Å². The predicted molar refractivity (Wildman–Crippen MR) is 144 cm³/mol. The number of nitrogens with zero attached hydrogens (tertiary/aromatic N) is 2. The number of anilines is 1. The molecule has 1 atom stereocenters. The lowest BCUT2D eigenvalue weighted by atomic mass is 10.1. The Bertz CT molecular complexity index is 1430. The number of methoxy groups -OCH3 is 3. The molecule has 3 aromatic rings. The number of carbonyl (C=O) groups excluding carboxylic acids is 2. The zero-order valence-electron chi connectivity index (χ0n) is 21.9. The first-order valence-corrected chi connectivity index (χ1v) is 13.6. The van der Waals surface area contributed by atoms with Crippen molar-refractivity contribution in [3.05, 3.63) is 78.4 Å². The van der Waals surface area contributed by atoms with Gasteiger partial charge in [-0.15, -0.1) is 0 Å². The van der Waals surface area contributed by atoms with E-state index in [1.165, 1.54) is 44.4 Å². The number of carbonyl (C=O) groups is 2. The van der Waals surface area contributed by atoms with Crippen molar-refractivity contribution < 1.29 is 37.0 Å². The number of amides is 1. The third kappa shape index (κ3) is 6.15. The Morgan fingerprint density at radius 3 is 2.33 bits per heavy atom. The highest BCUT2D eigenvalue weighted by Crippen LogP contribution is 2.34. The molecule has 0 radical (unpaired) electrons. The number of para-hydroxylation sites is 2. The lowest BCUT2D eigenvalue weighted by molar-refractivity contribution is -0.148. The number of rotatable bonds is 10. The fourth-order valence-corrected chi connectivity index (χ4v) is 5.68. The van der Waals surface area contributed by atoms with E-state index in [0.717, 1.165) is 9.87 Å². The molecule has 0 saturated heterocycles. The highest BCUT2D eigenvalue weighted by atomic mass is 32.2. The van der Waals surface area contributed by atoms with Gasteiger partial charge < -0.3 is 23.8 Å². The van der Waals surface area contributed by atoms with Crippen LogP contribution in [0.2, 0.25) is 0 Å². The molecule has 0 fully saturated rings. The number of esters is 1. The Kier molecular flexibility index (Phi) is 8.72. The molecule has 39 heavy (non-hydrogen) atoms. The van der Waals surface area contributed by atoms with Crippen LogP contribution in [0, 0.1) is 0 Å². The molecular formula is C28H30N2O8S. The molecule has 0 aromatic heterocycles. The average molecular weight is 555 g/mol. The summed E-state index contributed by atoms with van der Waals surface area (Å²) in [5, 5.41) is 0. The SMILES string of the molecule is COC(=O)[C@@H]1CN(C(=O)CN(CCc2ccccc2)S(=O)(=O)c2ccc(OC)c(OC)c2)c2ccccc2O1. The van der Waals surface area contributed by atoms with Gasteiger partial charge in [-0.3, -0.25) is 4.79 Å². The smallest absolute Gasteiger partial charge is 0.348 e. The van der Waals surface area contributed by atoms with Gasteiger partial charge in [-0.1, -0.05) is 42.5 Å². The fourth-order valence-electron chi connectivity index (χ4n) is 4.27. The van der Waals surface area contributed by atoms with Gasteiger partial charge in [0.25, 0.3) is 0 Å². The highest BCUT2D eigenvalue weighted by molar-refractivity contribution is 7.89. The van der Waals surface area contributed by atoms with Crippen LogP contribution in [0.5, 0.6) is 17.2 Å². The zero-order chi connectivity index (χ0) is 28.0. The van der Waals surface area contributed by atoms with Crippen molar-refractivity contribution in [2.45, 2.75) is 17.4 Å². The summed E-state index contributed by atoms with van der Waals surface area (Å²) in [6.45, 7) is -0.546. The van der Waals surface area contributed by atoms with Crippen molar-refractivity contribution in [3.8, 4) is 17.2 Å². The second-order valence-electron chi connectivity index (χ2n) is 8.69. The minimum absolute atomic E-state index is 0.0405. The highest BCUT2D eigenvalue weighted by Gasteiger charge is 2.36. The van der Waals surface area contributed by atoms with E-state index >= 15 is 0 Å². The lowest BCUT2D eigenvalue weighted by Gasteiger charge is -2.34. The van der Waals surface area contributed by atoms with E-state index in [4.69, 9.17) is 18.9 Å². The molecule has 0 spiro atoms. The molecule has 0 aliphatic carbocycles. The summed E-state index contributed by atoms with van der Waals surface area (Å²) in [6, 6.07) is 20.4. The average Bonchev–Trinajstić information content (AvgIpc) is 2.97. The van der Waals surface area contributed by atoms with E-state index in [1.807, 2.05) is 30.3 Å². The van der Waals surface area contributed by atoms with Crippen molar-refractivity contribution in [1.82, 2.24) is 4.31 Å². The second kappa shape index (κ2) is 12.2. The number of benzene rings is 3. The first-order valence-electron chi connectivity index (χ1n) is 12.2. The number of ether oxygens (including phenoxy) is 4. The number of hydrogen-bond donors (Lipinski definition) is 0. The van der Waals surface area contributed by atoms with Crippen molar-refractivity contribution >= 4 is 27.6 Å². The summed E-state index contributed by atoms with van der Waals surface area (Å²) in [6.07, 6.45) is -0.667. The molecule has 0 unspecified atom stereocenters. The van der Waals surface area contributed by atoms with E-state index in [9.17, 15) is 18.0 Å². The summed E-state index contributed by atoms with van der Waals surface area (Å²) in [7, 11) is -0.0393. The van der Waals surface area contributed by atoms with E-state index in [2.05, 4.69) is 0 Å². The molecule has 206 valence electrons. The lowest BCUT2D eigenvalue weighted by Crippen LogP contribution is -2.51. The first-order chi connectivity index (χ1) is 18.8. The van der Waals surface area contributed by atoms with E-state index in [0.29, 0.717) is 23.6 Å². The maximum atomic E-state index is 13.9. The quantitative estimate of drug-likeness (QED) is 0.352. The minimum atomic E-state index is -4.15. The van der Waals surface area contributed by atoms with Crippen LogP contribution in [0.25, 0.3) is 0 Å². The zero-order valence-corrected chi connectivity index (χ0v) is 22.7. The van der Waals surface area contributed by atoms with Crippen molar-refractivity contribution in [2.24, 2.45) is 0 Å². The monoisotopic (exact) mass is 554 g/mol. The Balaban J connectivity index is 1.67. The number of sulfonamides is 1. The van der Waals surface area contributed by atoms with E-state index in [-0.39, 0.29) is 23.7 Å². The predicted octanol–water partition coefficient (Wildman–Crippen LogP) is 2.90. The van der Waals surface area contributed by atoms with Gasteiger partial charge in [0.15, 0.2) is 11.5 Å².